The van der Waals surface area contributed by atoms with Crippen molar-refractivity contribution in [3.8, 4) is 16.9 Å². The Labute approximate surface area is 114 Å². The molecule has 2 heteroatoms. The molecular formula is C17H18O2. The minimum Gasteiger partial charge on any atom is -0.465 e. The molecule has 2 aromatic carbocycles. The summed E-state index contributed by atoms with van der Waals surface area (Å²) in [5.41, 5.74) is 2.43. The highest BCUT2D eigenvalue weighted by molar-refractivity contribution is 5.63. The standard InChI is InChI=1S/C17H18O2/c1-2-6-14(7-3-1)15-9-11-16(12-10-15)19-17-8-4-5-13-18-17/h1-3,6-7,9-12,17H,4-5,8,13H2/t17-/m0/s1. The van der Waals surface area contributed by atoms with Crippen molar-refractivity contribution in [3.63, 3.8) is 0 Å². The molecule has 0 bridgehead atoms. The normalized spacial score (nSPS) is 19.1. The van der Waals surface area contributed by atoms with Crippen LogP contribution in [-0.2, 0) is 4.74 Å². The third-order valence-corrected chi connectivity index (χ3v) is 3.37. The molecule has 1 heterocycles. The monoisotopic (exact) mass is 254 g/mol. The van der Waals surface area contributed by atoms with Crippen molar-refractivity contribution in [1.29, 1.82) is 0 Å². The lowest BCUT2D eigenvalue weighted by Gasteiger charge is -2.23. The second kappa shape index (κ2) is 5.89. The SMILES string of the molecule is c1ccc(-c2ccc(O[C@H]3CCCCO3)cc2)cc1. The Bertz CT molecular complexity index is 499. The number of ether oxygens (including phenoxy) is 2. The first kappa shape index (κ1) is 12.2. The van der Waals surface area contributed by atoms with Gasteiger partial charge in [-0.15, -0.1) is 0 Å². The Hall–Kier alpha value is -1.80. The van der Waals surface area contributed by atoms with Gasteiger partial charge in [-0.2, -0.15) is 0 Å². The van der Waals surface area contributed by atoms with Gasteiger partial charge in [0.25, 0.3) is 0 Å². The summed E-state index contributed by atoms with van der Waals surface area (Å²) in [6.07, 6.45) is 3.25. The van der Waals surface area contributed by atoms with Gasteiger partial charge in [0.05, 0.1) is 6.61 Å². The number of benzene rings is 2. The molecule has 1 fully saturated rings. The van der Waals surface area contributed by atoms with Crippen molar-refractivity contribution in [2.45, 2.75) is 25.6 Å². The van der Waals surface area contributed by atoms with E-state index in [4.69, 9.17) is 9.47 Å². The summed E-state index contributed by atoms with van der Waals surface area (Å²) >= 11 is 0. The molecule has 2 aromatic rings. The molecule has 1 aliphatic rings. The second-order valence-corrected chi connectivity index (χ2v) is 4.80. The summed E-state index contributed by atoms with van der Waals surface area (Å²) in [7, 11) is 0. The number of hydrogen-bond donors (Lipinski definition) is 0. The van der Waals surface area contributed by atoms with Crippen LogP contribution in [0.15, 0.2) is 54.6 Å². The minimum absolute atomic E-state index is 0.0728. The van der Waals surface area contributed by atoms with Crippen molar-refractivity contribution in [3.05, 3.63) is 54.6 Å². The lowest BCUT2D eigenvalue weighted by molar-refractivity contribution is -0.105. The molecule has 0 aliphatic carbocycles. The van der Waals surface area contributed by atoms with E-state index in [1.54, 1.807) is 0 Å². The van der Waals surface area contributed by atoms with Gasteiger partial charge < -0.3 is 9.47 Å². The number of rotatable bonds is 3. The molecule has 0 saturated carbocycles. The zero-order chi connectivity index (χ0) is 12.9. The zero-order valence-electron chi connectivity index (χ0n) is 10.9. The molecule has 0 unspecified atom stereocenters. The minimum atomic E-state index is -0.0728. The lowest BCUT2D eigenvalue weighted by Crippen LogP contribution is -2.24. The van der Waals surface area contributed by atoms with Crippen molar-refractivity contribution in [2.75, 3.05) is 6.61 Å². The van der Waals surface area contributed by atoms with Crippen LogP contribution in [0.5, 0.6) is 5.75 Å². The van der Waals surface area contributed by atoms with Crippen LogP contribution in [0, 0.1) is 0 Å². The molecule has 1 saturated heterocycles. The summed E-state index contributed by atoms with van der Waals surface area (Å²) in [6, 6.07) is 18.6. The summed E-state index contributed by atoms with van der Waals surface area (Å²) in [4.78, 5) is 0. The quantitative estimate of drug-likeness (QED) is 0.814. The van der Waals surface area contributed by atoms with Crippen LogP contribution in [0.1, 0.15) is 19.3 Å². The third kappa shape index (κ3) is 3.15. The van der Waals surface area contributed by atoms with Crippen LogP contribution >= 0.6 is 0 Å². The molecule has 1 atom stereocenters. The van der Waals surface area contributed by atoms with Gasteiger partial charge in [0.15, 0.2) is 6.29 Å². The highest BCUT2D eigenvalue weighted by atomic mass is 16.7. The van der Waals surface area contributed by atoms with Gasteiger partial charge in [0.1, 0.15) is 5.75 Å². The van der Waals surface area contributed by atoms with E-state index in [1.165, 1.54) is 17.5 Å². The fraction of sp³-hybridized carbons (Fsp3) is 0.294. The highest BCUT2D eigenvalue weighted by Gasteiger charge is 2.14. The summed E-state index contributed by atoms with van der Waals surface area (Å²) in [6.45, 7) is 0.812. The molecule has 0 N–H and O–H groups in total. The van der Waals surface area contributed by atoms with Gasteiger partial charge in [-0.1, -0.05) is 42.5 Å². The predicted molar refractivity (Wildman–Crippen MR) is 76.1 cm³/mol. The van der Waals surface area contributed by atoms with E-state index in [0.29, 0.717) is 0 Å². The van der Waals surface area contributed by atoms with E-state index in [9.17, 15) is 0 Å². The molecule has 0 radical (unpaired) electrons. The van der Waals surface area contributed by atoms with Crippen LogP contribution in [0.2, 0.25) is 0 Å². The summed E-state index contributed by atoms with van der Waals surface area (Å²) in [5, 5.41) is 0. The Morgan fingerprint density at radius 1 is 0.842 bits per heavy atom. The van der Waals surface area contributed by atoms with Crippen molar-refractivity contribution in [2.24, 2.45) is 0 Å². The Balaban J connectivity index is 1.68. The van der Waals surface area contributed by atoms with Crippen LogP contribution in [0.4, 0.5) is 0 Å². The molecule has 98 valence electrons. The summed E-state index contributed by atoms with van der Waals surface area (Å²) in [5.74, 6) is 0.881. The molecule has 3 rings (SSSR count). The van der Waals surface area contributed by atoms with Gasteiger partial charge in [-0.25, -0.2) is 0 Å². The average Bonchev–Trinajstić information content (AvgIpc) is 2.50. The number of hydrogen-bond acceptors (Lipinski definition) is 2. The Morgan fingerprint density at radius 3 is 2.26 bits per heavy atom. The van der Waals surface area contributed by atoms with Gasteiger partial charge in [0, 0.05) is 6.42 Å². The van der Waals surface area contributed by atoms with E-state index in [-0.39, 0.29) is 6.29 Å². The van der Waals surface area contributed by atoms with Crippen LogP contribution in [0.3, 0.4) is 0 Å². The fourth-order valence-corrected chi connectivity index (χ4v) is 2.31. The molecule has 0 spiro atoms. The largest absolute Gasteiger partial charge is 0.465 e. The fourth-order valence-electron chi connectivity index (χ4n) is 2.31. The predicted octanol–water partition coefficient (Wildman–Crippen LogP) is 4.26. The van der Waals surface area contributed by atoms with Gasteiger partial charge in [-0.05, 0) is 36.1 Å². The first-order valence-electron chi connectivity index (χ1n) is 6.85. The first-order chi connectivity index (χ1) is 9.42. The Morgan fingerprint density at radius 2 is 1.58 bits per heavy atom. The topological polar surface area (TPSA) is 18.5 Å². The maximum Gasteiger partial charge on any atom is 0.199 e. The van der Waals surface area contributed by atoms with Crippen molar-refractivity contribution < 1.29 is 9.47 Å². The van der Waals surface area contributed by atoms with E-state index >= 15 is 0 Å². The van der Waals surface area contributed by atoms with E-state index in [2.05, 4.69) is 36.4 Å². The van der Waals surface area contributed by atoms with Crippen LogP contribution in [0.25, 0.3) is 11.1 Å². The zero-order valence-corrected chi connectivity index (χ0v) is 10.9. The highest BCUT2D eigenvalue weighted by Crippen LogP contribution is 2.24. The lowest BCUT2D eigenvalue weighted by atomic mass is 10.1. The van der Waals surface area contributed by atoms with Crippen molar-refractivity contribution in [1.82, 2.24) is 0 Å². The maximum absolute atomic E-state index is 5.82. The molecule has 0 aromatic heterocycles. The molecule has 19 heavy (non-hydrogen) atoms. The van der Waals surface area contributed by atoms with Crippen LogP contribution in [-0.4, -0.2) is 12.9 Å². The molecule has 1 aliphatic heterocycles. The maximum atomic E-state index is 5.82. The van der Waals surface area contributed by atoms with Crippen molar-refractivity contribution >= 4 is 0 Å². The van der Waals surface area contributed by atoms with Crippen LogP contribution < -0.4 is 4.74 Å². The van der Waals surface area contributed by atoms with Gasteiger partial charge >= 0.3 is 0 Å². The second-order valence-electron chi connectivity index (χ2n) is 4.80. The third-order valence-electron chi connectivity index (χ3n) is 3.37. The van der Waals surface area contributed by atoms with Gasteiger partial charge in [0.2, 0.25) is 0 Å². The van der Waals surface area contributed by atoms with E-state index in [0.717, 1.165) is 25.2 Å². The smallest absolute Gasteiger partial charge is 0.199 e. The average molecular weight is 254 g/mol. The molecule has 0 amide bonds. The Kier molecular flexibility index (Phi) is 3.80. The van der Waals surface area contributed by atoms with E-state index in [1.807, 2.05) is 18.2 Å². The summed E-state index contributed by atoms with van der Waals surface area (Å²) < 4.78 is 11.4. The first-order valence-corrected chi connectivity index (χ1v) is 6.85. The van der Waals surface area contributed by atoms with E-state index < -0.39 is 0 Å². The molecule has 2 nitrogen and oxygen atoms in total. The van der Waals surface area contributed by atoms with Gasteiger partial charge in [-0.3, -0.25) is 0 Å². The molecular weight excluding hydrogens is 236 g/mol.